The monoisotopic (exact) mass is 364 g/mol. The molecule has 0 atom stereocenters. The Bertz CT molecular complexity index is 636. The Morgan fingerprint density at radius 2 is 2.12 bits per heavy atom. The predicted molar refractivity (Wildman–Crippen MR) is 101 cm³/mol. The summed E-state index contributed by atoms with van der Waals surface area (Å²) < 4.78 is 5.18. The summed E-state index contributed by atoms with van der Waals surface area (Å²) in [4.78, 5) is 14.6. The molecule has 7 heteroatoms. The van der Waals surface area contributed by atoms with Crippen LogP contribution in [0.15, 0.2) is 30.0 Å². The van der Waals surface area contributed by atoms with Crippen molar-refractivity contribution in [1.82, 2.24) is 10.2 Å². The average molecular weight is 365 g/mol. The zero-order chi connectivity index (χ0) is 18.7. The molecule has 1 aromatic rings. The highest BCUT2D eigenvalue weighted by molar-refractivity contribution is 6.31. The highest BCUT2D eigenvalue weighted by Crippen LogP contribution is 2.27. The maximum atomic E-state index is 12.2. The van der Waals surface area contributed by atoms with Gasteiger partial charge in [0, 0.05) is 17.8 Å². The minimum atomic E-state index is -0.515. The number of anilines is 1. The normalized spacial score (nSPS) is 11.1. The standard InChI is InChI=1S/C18H25ClN4O2/c1-4-23(5-2)10-6-9-21-13-14(12-20)18(24)22-16-11-15(19)7-8-17(16)25-3/h7-8,11,13,21H,4-6,9-10H2,1-3H3,(H,22,24)/b14-13-. The minimum absolute atomic E-state index is 0.00938. The number of methoxy groups -OCH3 is 1. The van der Waals surface area contributed by atoms with Gasteiger partial charge < -0.3 is 20.3 Å². The molecule has 0 saturated carbocycles. The van der Waals surface area contributed by atoms with Crippen molar-refractivity contribution in [3.05, 3.63) is 35.0 Å². The Kier molecular flexibility index (Phi) is 9.45. The van der Waals surface area contributed by atoms with Crippen LogP contribution in [0.2, 0.25) is 5.02 Å². The van der Waals surface area contributed by atoms with E-state index in [1.54, 1.807) is 18.2 Å². The number of benzene rings is 1. The number of ether oxygens (including phenoxy) is 1. The first-order valence-corrected chi connectivity index (χ1v) is 8.64. The predicted octanol–water partition coefficient (Wildman–Crippen LogP) is 3.02. The third-order valence-corrected chi connectivity index (χ3v) is 3.95. The molecule has 0 unspecified atom stereocenters. The Morgan fingerprint density at radius 1 is 1.40 bits per heavy atom. The van der Waals surface area contributed by atoms with Gasteiger partial charge in [0.25, 0.3) is 5.91 Å². The quantitative estimate of drug-likeness (QED) is 0.379. The molecule has 1 aromatic carbocycles. The summed E-state index contributed by atoms with van der Waals surface area (Å²) >= 11 is 5.94. The van der Waals surface area contributed by atoms with Crippen molar-refractivity contribution in [3.8, 4) is 11.8 Å². The third-order valence-electron chi connectivity index (χ3n) is 3.71. The Balaban J connectivity index is 2.60. The van der Waals surface area contributed by atoms with Gasteiger partial charge in [-0.1, -0.05) is 25.4 Å². The lowest BCUT2D eigenvalue weighted by Gasteiger charge is -2.17. The van der Waals surface area contributed by atoms with Gasteiger partial charge in [0.15, 0.2) is 0 Å². The molecule has 0 bridgehead atoms. The van der Waals surface area contributed by atoms with Crippen LogP contribution in [-0.4, -0.2) is 44.1 Å². The second kappa shape index (κ2) is 11.3. The Hall–Kier alpha value is -2.23. The lowest BCUT2D eigenvalue weighted by atomic mass is 10.2. The van der Waals surface area contributed by atoms with Crippen LogP contribution in [-0.2, 0) is 4.79 Å². The molecule has 0 aliphatic heterocycles. The summed E-state index contributed by atoms with van der Waals surface area (Å²) in [5.74, 6) is -0.0402. The molecule has 0 aromatic heterocycles. The number of hydrogen-bond donors (Lipinski definition) is 2. The molecule has 0 spiro atoms. The zero-order valence-electron chi connectivity index (χ0n) is 14.9. The highest BCUT2D eigenvalue weighted by atomic mass is 35.5. The second-order valence-electron chi connectivity index (χ2n) is 5.30. The van der Waals surface area contributed by atoms with E-state index < -0.39 is 5.91 Å². The molecule has 1 rings (SSSR count). The number of nitriles is 1. The molecular weight excluding hydrogens is 340 g/mol. The number of hydrogen-bond acceptors (Lipinski definition) is 5. The largest absolute Gasteiger partial charge is 0.495 e. The van der Waals surface area contributed by atoms with Crippen molar-refractivity contribution in [3.63, 3.8) is 0 Å². The topological polar surface area (TPSA) is 77.4 Å². The highest BCUT2D eigenvalue weighted by Gasteiger charge is 2.12. The van der Waals surface area contributed by atoms with Gasteiger partial charge in [-0.2, -0.15) is 5.26 Å². The Morgan fingerprint density at radius 3 is 2.72 bits per heavy atom. The first kappa shape index (κ1) is 20.8. The van der Waals surface area contributed by atoms with Gasteiger partial charge in [0.1, 0.15) is 17.4 Å². The van der Waals surface area contributed by atoms with Crippen molar-refractivity contribution >= 4 is 23.2 Å². The van der Waals surface area contributed by atoms with E-state index in [-0.39, 0.29) is 5.57 Å². The van der Waals surface area contributed by atoms with Crippen LogP contribution in [0, 0.1) is 11.3 Å². The number of carbonyl (C=O) groups excluding carboxylic acids is 1. The molecule has 25 heavy (non-hydrogen) atoms. The molecule has 0 saturated heterocycles. The van der Waals surface area contributed by atoms with E-state index in [1.165, 1.54) is 13.3 Å². The van der Waals surface area contributed by atoms with Crippen LogP contribution in [0.4, 0.5) is 5.69 Å². The van der Waals surface area contributed by atoms with E-state index in [1.807, 2.05) is 6.07 Å². The van der Waals surface area contributed by atoms with Crippen molar-refractivity contribution in [2.75, 3.05) is 38.6 Å². The maximum absolute atomic E-state index is 12.2. The van der Waals surface area contributed by atoms with E-state index in [0.717, 1.165) is 26.1 Å². The number of nitrogens with one attached hydrogen (secondary N) is 2. The van der Waals surface area contributed by atoms with E-state index in [9.17, 15) is 10.1 Å². The number of rotatable bonds is 10. The Labute approximate surface area is 154 Å². The van der Waals surface area contributed by atoms with Crippen LogP contribution in [0.1, 0.15) is 20.3 Å². The van der Waals surface area contributed by atoms with Gasteiger partial charge in [0.2, 0.25) is 0 Å². The van der Waals surface area contributed by atoms with Crippen molar-refractivity contribution in [1.29, 1.82) is 5.26 Å². The second-order valence-corrected chi connectivity index (χ2v) is 5.74. The van der Waals surface area contributed by atoms with Gasteiger partial charge >= 0.3 is 0 Å². The summed E-state index contributed by atoms with van der Waals surface area (Å²) in [5, 5.41) is 15.3. The van der Waals surface area contributed by atoms with E-state index in [2.05, 4.69) is 29.4 Å². The fraction of sp³-hybridized carbons (Fsp3) is 0.444. The van der Waals surface area contributed by atoms with Gasteiger partial charge in [0.05, 0.1) is 12.8 Å². The molecule has 2 N–H and O–H groups in total. The molecule has 6 nitrogen and oxygen atoms in total. The van der Waals surface area contributed by atoms with Crippen LogP contribution < -0.4 is 15.4 Å². The lowest BCUT2D eigenvalue weighted by molar-refractivity contribution is -0.112. The number of carbonyl (C=O) groups is 1. The lowest BCUT2D eigenvalue weighted by Crippen LogP contribution is -2.26. The summed E-state index contributed by atoms with van der Waals surface area (Å²) in [6.45, 7) is 7.94. The zero-order valence-corrected chi connectivity index (χ0v) is 15.7. The molecular formula is C18H25ClN4O2. The molecule has 1 amide bonds. The maximum Gasteiger partial charge on any atom is 0.267 e. The summed E-state index contributed by atoms with van der Waals surface area (Å²) in [7, 11) is 1.50. The summed E-state index contributed by atoms with van der Waals surface area (Å²) in [6.07, 6.45) is 2.37. The van der Waals surface area contributed by atoms with Crippen molar-refractivity contribution < 1.29 is 9.53 Å². The molecule has 0 heterocycles. The fourth-order valence-corrected chi connectivity index (χ4v) is 2.41. The van der Waals surface area contributed by atoms with Crippen LogP contribution in [0.25, 0.3) is 0 Å². The number of halogens is 1. The first-order chi connectivity index (χ1) is 12.0. The van der Waals surface area contributed by atoms with E-state index in [4.69, 9.17) is 16.3 Å². The van der Waals surface area contributed by atoms with Crippen molar-refractivity contribution in [2.45, 2.75) is 20.3 Å². The molecule has 136 valence electrons. The molecule has 0 fully saturated rings. The van der Waals surface area contributed by atoms with Gasteiger partial charge in [-0.05, 0) is 44.3 Å². The summed E-state index contributed by atoms with van der Waals surface area (Å²) in [6, 6.07) is 6.79. The van der Waals surface area contributed by atoms with Crippen LogP contribution in [0.5, 0.6) is 5.75 Å². The molecule has 0 radical (unpaired) electrons. The summed E-state index contributed by atoms with van der Waals surface area (Å²) in [5.41, 5.74) is 0.410. The third kappa shape index (κ3) is 7.04. The van der Waals surface area contributed by atoms with Crippen LogP contribution in [0.3, 0.4) is 0 Å². The van der Waals surface area contributed by atoms with Crippen molar-refractivity contribution in [2.24, 2.45) is 0 Å². The number of nitrogens with zero attached hydrogens (tertiary/aromatic N) is 2. The number of amides is 1. The van der Waals surface area contributed by atoms with Gasteiger partial charge in [-0.3, -0.25) is 4.79 Å². The molecule has 0 aliphatic rings. The minimum Gasteiger partial charge on any atom is -0.495 e. The van der Waals surface area contributed by atoms with E-state index >= 15 is 0 Å². The fourth-order valence-electron chi connectivity index (χ4n) is 2.23. The smallest absolute Gasteiger partial charge is 0.267 e. The van der Waals surface area contributed by atoms with Gasteiger partial charge in [-0.25, -0.2) is 0 Å². The van der Waals surface area contributed by atoms with Crippen LogP contribution >= 0.6 is 11.6 Å². The van der Waals surface area contributed by atoms with E-state index in [0.29, 0.717) is 23.0 Å². The van der Waals surface area contributed by atoms with Gasteiger partial charge in [-0.15, -0.1) is 0 Å². The average Bonchev–Trinajstić information content (AvgIpc) is 2.61. The first-order valence-electron chi connectivity index (χ1n) is 8.26. The molecule has 0 aliphatic carbocycles. The SMILES string of the molecule is CCN(CC)CCCN/C=C(/C#N)C(=O)Nc1cc(Cl)ccc1OC.